The summed E-state index contributed by atoms with van der Waals surface area (Å²) < 4.78 is 9.94. The zero-order chi connectivity index (χ0) is 9.84. The molecule has 3 nitrogen and oxygen atoms in total. The minimum atomic E-state index is -0.375. The van der Waals surface area contributed by atoms with Gasteiger partial charge in [0, 0.05) is 6.07 Å². The van der Waals surface area contributed by atoms with Crippen molar-refractivity contribution in [3.8, 4) is 5.75 Å². The molecule has 0 fully saturated rings. The van der Waals surface area contributed by atoms with Gasteiger partial charge >= 0.3 is 5.63 Å². The minimum Gasteiger partial charge on any atom is -0.496 e. The molecule has 70 valence electrons. The fourth-order valence-electron chi connectivity index (χ4n) is 0.907. The van der Waals surface area contributed by atoms with E-state index in [2.05, 4.69) is 15.9 Å². The van der Waals surface area contributed by atoms with Crippen molar-refractivity contribution in [3.05, 3.63) is 32.8 Å². The van der Waals surface area contributed by atoms with Gasteiger partial charge in [-0.2, -0.15) is 0 Å². The maximum atomic E-state index is 11.2. The second-order valence-electron chi connectivity index (χ2n) is 2.42. The highest BCUT2D eigenvalue weighted by molar-refractivity contribution is 9.11. The molecule has 1 aromatic heterocycles. The third-order valence-electron chi connectivity index (χ3n) is 1.61. The summed E-state index contributed by atoms with van der Waals surface area (Å²) in [5.74, 6) is 1.00. The van der Waals surface area contributed by atoms with E-state index in [9.17, 15) is 4.79 Å². The maximum Gasteiger partial charge on any atom is 0.342 e. The average molecular weight is 245 g/mol. The van der Waals surface area contributed by atoms with Gasteiger partial charge in [0.05, 0.1) is 12.7 Å². The summed E-state index contributed by atoms with van der Waals surface area (Å²) in [5.41, 5.74) is 0.106. The summed E-state index contributed by atoms with van der Waals surface area (Å²) in [6, 6.07) is 1.66. The molecule has 0 amide bonds. The van der Waals surface area contributed by atoms with Crippen LogP contribution in [0.4, 0.5) is 0 Å². The van der Waals surface area contributed by atoms with Crippen LogP contribution in [0, 0.1) is 6.92 Å². The van der Waals surface area contributed by atoms with E-state index in [-0.39, 0.29) is 5.63 Å². The first-order chi connectivity index (χ1) is 6.19. The molecular weight excluding hydrogens is 236 g/mol. The third-order valence-corrected chi connectivity index (χ3v) is 1.87. The van der Waals surface area contributed by atoms with Crippen molar-refractivity contribution in [2.24, 2.45) is 0 Å². The van der Waals surface area contributed by atoms with Crippen LogP contribution in [0.1, 0.15) is 11.3 Å². The van der Waals surface area contributed by atoms with E-state index in [1.54, 1.807) is 24.1 Å². The van der Waals surface area contributed by atoms with Gasteiger partial charge in [0.2, 0.25) is 0 Å². The predicted molar refractivity (Wildman–Crippen MR) is 54.2 cm³/mol. The third kappa shape index (κ3) is 2.21. The summed E-state index contributed by atoms with van der Waals surface area (Å²) in [7, 11) is 1.52. The monoisotopic (exact) mass is 244 g/mol. The molecule has 0 N–H and O–H groups in total. The van der Waals surface area contributed by atoms with Crippen molar-refractivity contribution in [1.82, 2.24) is 0 Å². The predicted octanol–water partition coefficient (Wildman–Crippen LogP) is 2.32. The lowest BCUT2D eigenvalue weighted by Gasteiger charge is -2.02. The summed E-state index contributed by atoms with van der Waals surface area (Å²) in [6.07, 6.45) is 1.63. The normalized spacial score (nSPS) is 10.7. The van der Waals surface area contributed by atoms with E-state index >= 15 is 0 Å². The van der Waals surface area contributed by atoms with E-state index in [1.807, 2.05) is 0 Å². The number of rotatable bonds is 2. The molecule has 0 radical (unpaired) electrons. The van der Waals surface area contributed by atoms with Crippen LogP contribution in [0.3, 0.4) is 0 Å². The Morgan fingerprint density at radius 1 is 1.62 bits per heavy atom. The van der Waals surface area contributed by atoms with Crippen LogP contribution >= 0.6 is 15.9 Å². The molecule has 0 aliphatic rings. The lowest BCUT2D eigenvalue weighted by Crippen LogP contribution is -2.05. The first-order valence-electron chi connectivity index (χ1n) is 3.64. The van der Waals surface area contributed by atoms with E-state index in [0.717, 1.165) is 0 Å². The van der Waals surface area contributed by atoms with Gasteiger partial charge < -0.3 is 9.15 Å². The van der Waals surface area contributed by atoms with E-state index < -0.39 is 0 Å². The Kier molecular flexibility index (Phi) is 3.31. The molecule has 0 spiro atoms. The number of ether oxygens (including phenoxy) is 1. The Labute approximate surface area is 84.1 Å². The molecule has 0 aliphatic carbocycles. The summed E-state index contributed by atoms with van der Waals surface area (Å²) in [6.45, 7) is 1.66. The fourth-order valence-corrected chi connectivity index (χ4v) is 1.17. The van der Waals surface area contributed by atoms with Gasteiger partial charge in [0.15, 0.2) is 0 Å². The molecule has 0 saturated carbocycles. The van der Waals surface area contributed by atoms with E-state index in [0.29, 0.717) is 17.1 Å². The molecule has 13 heavy (non-hydrogen) atoms. The highest BCUT2D eigenvalue weighted by Gasteiger charge is 2.05. The van der Waals surface area contributed by atoms with E-state index in [1.165, 1.54) is 7.11 Å². The van der Waals surface area contributed by atoms with Gasteiger partial charge in [0.1, 0.15) is 11.5 Å². The SMILES string of the molecule is COc1cc(/C=C/Br)oc(=O)c1C. The fraction of sp³-hybridized carbons (Fsp3) is 0.222. The highest BCUT2D eigenvalue weighted by atomic mass is 79.9. The molecule has 0 aromatic carbocycles. The Morgan fingerprint density at radius 3 is 2.85 bits per heavy atom. The molecular formula is C9H9BrO3. The Balaban J connectivity index is 3.30. The largest absolute Gasteiger partial charge is 0.496 e. The average Bonchev–Trinajstić information content (AvgIpc) is 2.11. The van der Waals surface area contributed by atoms with Gasteiger partial charge in [-0.25, -0.2) is 4.79 Å². The quantitative estimate of drug-likeness (QED) is 0.802. The topological polar surface area (TPSA) is 39.4 Å². The van der Waals surface area contributed by atoms with Gasteiger partial charge in [-0.05, 0) is 18.0 Å². The minimum absolute atomic E-state index is 0.375. The van der Waals surface area contributed by atoms with Crippen LogP contribution in [0.5, 0.6) is 5.75 Å². The summed E-state index contributed by atoms with van der Waals surface area (Å²) in [4.78, 5) is 12.8. The zero-order valence-electron chi connectivity index (χ0n) is 7.33. The van der Waals surface area contributed by atoms with Crippen LogP contribution in [-0.2, 0) is 0 Å². The number of methoxy groups -OCH3 is 1. The van der Waals surface area contributed by atoms with Crippen LogP contribution in [0.15, 0.2) is 20.3 Å². The van der Waals surface area contributed by atoms with E-state index in [4.69, 9.17) is 9.15 Å². The van der Waals surface area contributed by atoms with Crippen molar-refractivity contribution >= 4 is 22.0 Å². The lowest BCUT2D eigenvalue weighted by atomic mass is 10.2. The van der Waals surface area contributed by atoms with Gasteiger partial charge in [0.25, 0.3) is 0 Å². The Hall–Kier alpha value is -1.03. The smallest absolute Gasteiger partial charge is 0.342 e. The second-order valence-corrected chi connectivity index (χ2v) is 2.95. The zero-order valence-corrected chi connectivity index (χ0v) is 8.92. The standard InChI is InChI=1S/C9H9BrO3/c1-6-8(12-2)5-7(3-4-10)13-9(6)11/h3-5H,1-2H3/b4-3+. The van der Waals surface area contributed by atoms with Crippen LogP contribution in [0.2, 0.25) is 0 Å². The number of halogens is 1. The number of hydrogen-bond acceptors (Lipinski definition) is 3. The highest BCUT2D eigenvalue weighted by Crippen LogP contribution is 2.16. The molecule has 1 heterocycles. The lowest BCUT2D eigenvalue weighted by molar-refractivity contribution is 0.395. The number of hydrogen-bond donors (Lipinski definition) is 0. The Morgan fingerprint density at radius 2 is 2.31 bits per heavy atom. The first kappa shape index (κ1) is 10.1. The molecule has 0 saturated heterocycles. The molecule has 0 atom stereocenters. The Bertz CT molecular complexity index is 379. The van der Waals surface area contributed by atoms with Crippen molar-refractivity contribution in [3.63, 3.8) is 0 Å². The van der Waals surface area contributed by atoms with Gasteiger partial charge in [-0.3, -0.25) is 0 Å². The van der Waals surface area contributed by atoms with Gasteiger partial charge in [-0.15, -0.1) is 0 Å². The van der Waals surface area contributed by atoms with Crippen molar-refractivity contribution in [2.45, 2.75) is 6.92 Å². The van der Waals surface area contributed by atoms with Crippen molar-refractivity contribution in [2.75, 3.05) is 7.11 Å². The molecule has 0 bridgehead atoms. The summed E-state index contributed by atoms with van der Waals surface area (Å²) in [5, 5.41) is 0. The van der Waals surface area contributed by atoms with Crippen LogP contribution in [-0.4, -0.2) is 7.11 Å². The molecule has 1 aromatic rings. The molecule has 0 aliphatic heterocycles. The maximum absolute atomic E-state index is 11.2. The van der Waals surface area contributed by atoms with Crippen molar-refractivity contribution in [1.29, 1.82) is 0 Å². The van der Waals surface area contributed by atoms with Gasteiger partial charge in [-0.1, -0.05) is 15.9 Å². The molecule has 0 unspecified atom stereocenters. The first-order valence-corrected chi connectivity index (χ1v) is 4.56. The summed E-state index contributed by atoms with van der Waals surface area (Å²) >= 11 is 3.09. The molecule has 4 heteroatoms. The second kappa shape index (κ2) is 4.28. The van der Waals surface area contributed by atoms with Crippen LogP contribution < -0.4 is 10.4 Å². The van der Waals surface area contributed by atoms with Crippen LogP contribution in [0.25, 0.3) is 6.08 Å². The molecule has 1 rings (SSSR count). The van der Waals surface area contributed by atoms with Crippen molar-refractivity contribution < 1.29 is 9.15 Å².